The molecule has 1 amide bonds. The van der Waals surface area contributed by atoms with Gasteiger partial charge < -0.3 is 9.80 Å². The summed E-state index contributed by atoms with van der Waals surface area (Å²) in [6.45, 7) is 8.71. The normalized spacial score (nSPS) is 25.4. The minimum absolute atomic E-state index is 0.114. The van der Waals surface area contributed by atoms with E-state index >= 15 is 0 Å². The SMILES string of the molecule is CC[C@@H]1CC[C@@H](Cc2ccccn2)N1C(=O)C1=C(C(C)C)N2C(=N[C@@](C)(c3ccc(Cl)cc3)C2c2ccc(Cl)cc2)S1. The van der Waals surface area contributed by atoms with Gasteiger partial charge in [0.05, 0.1) is 6.04 Å². The minimum Gasteiger partial charge on any atom is -0.332 e. The van der Waals surface area contributed by atoms with Gasteiger partial charge in [-0.05, 0) is 91.4 Å². The summed E-state index contributed by atoms with van der Waals surface area (Å²) < 4.78 is 0. The molecular formula is C34H36Cl2N4OS. The number of amides is 1. The van der Waals surface area contributed by atoms with Crippen LogP contribution in [-0.4, -0.2) is 37.9 Å². The standard InChI is InChI=1S/C34H36Cl2N4OS/c1-5-27-17-18-28(20-26-8-6-7-19-37-26)39(27)32(41)30-29(21(2)3)40-31(22-9-13-24(35)14-10-22)34(4,38-33(40)42-30)23-11-15-25(36)16-12-23/h6-16,19,21,27-28,31H,5,17-18,20H2,1-4H3/t27-,28+,31?,34+/m1/s1. The van der Waals surface area contributed by atoms with E-state index < -0.39 is 5.54 Å². The number of aliphatic imine (C=N–C) groups is 1. The molecule has 0 radical (unpaired) electrons. The number of pyridine rings is 1. The van der Waals surface area contributed by atoms with Gasteiger partial charge in [0.25, 0.3) is 5.91 Å². The van der Waals surface area contributed by atoms with Crippen LogP contribution in [0.1, 0.15) is 69.8 Å². The Labute approximate surface area is 263 Å². The third-order valence-corrected chi connectivity index (χ3v) is 10.4. The van der Waals surface area contributed by atoms with Gasteiger partial charge in [-0.2, -0.15) is 0 Å². The van der Waals surface area contributed by atoms with Crippen LogP contribution in [0.3, 0.4) is 0 Å². The van der Waals surface area contributed by atoms with Crippen LogP contribution in [0, 0.1) is 5.92 Å². The lowest BCUT2D eigenvalue weighted by atomic mass is 9.81. The van der Waals surface area contributed by atoms with Crippen molar-refractivity contribution in [2.24, 2.45) is 10.9 Å². The van der Waals surface area contributed by atoms with E-state index in [0.29, 0.717) is 10.0 Å². The fraction of sp³-hybridized carbons (Fsp3) is 0.382. The summed E-state index contributed by atoms with van der Waals surface area (Å²) in [5, 5.41) is 2.25. The zero-order chi connectivity index (χ0) is 29.6. The molecule has 42 heavy (non-hydrogen) atoms. The van der Waals surface area contributed by atoms with Crippen molar-refractivity contribution in [2.45, 2.75) is 77.0 Å². The number of rotatable bonds is 7. The largest absolute Gasteiger partial charge is 0.332 e. The van der Waals surface area contributed by atoms with Crippen molar-refractivity contribution in [1.82, 2.24) is 14.8 Å². The first kappa shape index (κ1) is 29.3. The van der Waals surface area contributed by atoms with E-state index in [4.69, 9.17) is 28.2 Å². The van der Waals surface area contributed by atoms with E-state index in [9.17, 15) is 4.79 Å². The van der Waals surface area contributed by atoms with Crippen molar-refractivity contribution in [3.8, 4) is 0 Å². The van der Waals surface area contributed by atoms with Gasteiger partial charge in [0.1, 0.15) is 10.4 Å². The highest BCUT2D eigenvalue weighted by molar-refractivity contribution is 8.18. The number of hydrogen-bond acceptors (Lipinski definition) is 5. The monoisotopic (exact) mass is 618 g/mol. The number of likely N-dealkylation sites (tertiary alicyclic amines) is 1. The van der Waals surface area contributed by atoms with Crippen LogP contribution in [0.15, 0.2) is 88.5 Å². The highest BCUT2D eigenvalue weighted by Gasteiger charge is 2.54. The zero-order valence-corrected chi connectivity index (χ0v) is 26.8. The third-order valence-electron chi connectivity index (χ3n) is 8.86. The van der Waals surface area contributed by atoms with E-state index in [0.717, 1.165) is 58.3 Å². The molecule has 3 aliphatic rings. The zero-order valence-electron chi connectivity index (χ0n) is 24.4. The number of carbonyl (C=O) groups is 1. The molecule has 5 nitrogen and oxygen atoms in total. The summed E-state index contributed by atoms with van der Waals surface area (Å²) >= 11 is 14.1. The van der Waals surface area contributed by atoms with Crippen molar-refractivity contribution < 1.29 is 4.79 Å². The van der Waals surface area contributed by atoms with Crippen LogP contribution >= 0.6 is 35.0 Å². The average molecular weight is 620 g/mol. The maximum atomic E-state index is 14.6. The molecular weight excluding hydrogens is 583 g/mol. The number of amidine groups is 1. The number of thioether (sulfide) groups is 1. The van der Waals surface area contributed by atoms with Gasteiger partial charge in [0, 0.05) is 46.1 Å². The second-order valence-corrected chi connectivity index (χ2v) is 13.7. The molecule has 1 saturated heterocycles. The van der Waals surface area contributed by atoms with Crippen LogP contribution in [-0.2, 0) is 16.8 Å². The summed E-state index contributed by atoms with van der Waals surface area (Å²) in [5.74, 6) is 0.234. The van der Waals surface area contributed by atoms with E-state index in [-0.39, 0.29) is 30.0 Å². The van der Waals surface area contributed by atoms with Crippen LogP contribution in [0.2, 0.25) is 10.0 Å². The summed E-state index contributed by atoms with van der Waals surface area (Å²) in [4.78, 5) is 29.9. The predicted molar refractivity (Wildman–Crippen MR) is 174 cm³/mol. The lowest BCUT2D eigenvalue weighted by Crippen LogP contribution is -2.43. The first-order valence-corrected chi connectivity index (χ1v) is 16.3. The summed E-state index contributed by atoms with van der Waals surface area (Å²) in [6.07, 6.45) is 5.54. The summed E-state index contributed by atoms with van der Waals surface area (Å²) in [6, 6.07) is 22.2. The second-order valence-electron chi connectivity index (χ2n) is 11.9. The third kappa shape index (κ3) is 5.16. The highest BCUT2D eigenvalue weighted by atomic mass is 35.5. The van der Waals surface area contributed by atoms with Crippen LogP contribution in [0.5, 0.6) is 0 Å². The molecule has 8 heteroatoms. The van der Waals surface area contributed by atoms with Crippen molar-refractivity contribution >= 4 is 46.0 Å². The van der Waals surface area contributed by atoms with Crippen LogP contribution in [0.4, 0.5) is 0 Å². The topological polar surface area (TPSA) is 48.8 Å². The number of halogens is 2. The smallest absolute Gasteiger partial charge is 0.263 e. The summed E-state index contributed by atoms with van der Waals surface area (Å²) in [7, 11) is 0. The number of hydrogen-bond donors (Lipinski definition) is 0. The Morgan fingerprint density at radius 2 is 1.67 bits per heavy atom. The minimum atomic E-state index is -0.587. The highest BCUT2D eigenvalue weighted by Crippen LogP contribution is 2.56. The Morgan fingerprint density at radius 1 is 1.00 bits per heavy atom. The lowest BCUT2D eigenvalue weighted by molar-refractivity contribution is -0.129. The van der Waals surface area contributed by atoms with E-state index in [1.165, 1.54) is 11.8 Å². The number of fused-ring (bicyclic) bond motifs is 1. The van der Waals surface area contributed by atoms with Gasteiger partial charge in [0.2, 0.25) is 0 Å². The van der Waals surface area contributed by atoms with Gasteiger partial charge in [-0.15, -0.1) is 0 Å². The second kappa shape index (κ2) is 11.7. The molecule has 1 aromatic heterocycles. The Kier molecular flexibility index (Phi) is 8.16. The molecule has 3 aromatic rings. The van der Waals surface area contributed by atoms with Crippen molar-refractivity contribution in [2.75, 3.05) is 0 Å². The van der Waals surface area contributed by atoms with Gasteiger partial charge in [-0.3, -0.25) is 9.78 Å². The van der Waals surface area contributed by atoms with Crippen molar-refractivity contribution in [1.29, 1.82) is 0 Å². The molecule has 0 spiro atoms. The molecule has 0 aliphatic carbocycles. The molecule has 3 aliphatic heterocycles. The molecule has 0 bridgehead atoms. The Morgan fingerprint density at radius 3 is 2.29 bits per heavy atom. The predicted octanol–water partition coefficient (Wildman–Crippen LogP) is 8.64. The Bertz CT molecular complexity index is 1520. The van der Waals surface area contributed by atoms with E-state index in [1.807, 2.05) is 42.6 Å². The van der Waals surface area contributed by atoms with Gasteiger partial charge in [-0.25, -0.2) is 4.99 Å². The van der Waals surface area contributed by atoms with Gasteiger partial charge in [-0.1, -0.05) is 74.3 Å². The Hall–Kier alpha value is -2.80. The van der Waals surface area contributed by atoms with Gasteiger partial charge >= 0.3 is 0 Å². The van der Waals surface area contributed by atoms with Gasteiger partial charge in [0.15, 0.2) is 5.17 Å². The van der Waals surface area contributed by atoms with Crippen molar-refractivity contribution in [3.63, 3.8) is 0 Å². The number of nitrogens with zero attached hydrogens (tertiary/aromatic N) is 4. The molecule has 4 heterocycles. The van der Waals surface area contributed by atoms with Crippen molar-refractivity contribution in [3.05, 3.63) is 110 Å². The number of allylic oxidation sites excluding steroid dienone is 1. The molecule has 0 N–H and O–H groups in total. The quantitative estimate of drug-likeness (QED) is 0.266. The first-order valence-electron chi connectivity index (χ1n) is 14.8. The maximum absolute atomic E-state index is 14.6. The fourth-order valence-electron chi connectivity index (χ4n) is 6.84. The molecule has 4 atom stereocenters. The van der Waals surface area contributed by atoms with E-state index in [2.05, 4.69) is 72.8 Å². The fourth-order valence-corrected chi connectivity index (χ4v) is 8.44. The number of aromatic nitrogens is 1. The Balaban J connectivity index is 1.42. The van der Waals surface area contributed by atoms with Crippen LogP contribution in [0.25, 0.3) is 0 Å². The van der Waals surface area contributed by atoms with Crippen LogP contribution < -0.4 is 0 Å². The molecule has 1 unspecified atom stereocenters. The average Bonchev–Trinajstić information content (AvgIpc) is 3.64. The molecule has 2 aromatic carbocycles. The van der Waals surface area contributed by atoms with E-state index in [1.54, 1.807) is 0 Å². The first-order chi connectivity index (χ1) is 20.2. The molecule has 6 rings (SSSR count). The molecule has 1 fully saturated rings. The molecule has 0 saturated carbocycles. The molecule has 218 valence electrons. The number of carbonyl (C=O) groups excluding carboxylic acids is 1. The summed E-state index contributed by atoms with van der Waals surface area (Å²) in [5.41, 5.74) is 3.66. The number of benzene rings is 2. The maximum Gasteiger partial charge on any atom is 0.263 e. The lowest BCUT2D eigenvalue weighted by Gasteiger charge is -2.37.